The molecule has 2 fully saturated rings. The topological polar surface area (TPSA) is 58.6 Å². The number of rotatable bonds is 4. The molecular formula is C13H16ClFN2O3S. The van der Waals surface area contributed by atoms with E-state index in [1.54, 1.807) is 4.90 Å². The third-order valence-corrected chi connectivity index (χ3v) is 5.76. The Balaban J connectivity index is 1.97. The van der Waals surface area contributed by atoms with Gasteiger partial charge in [-0.15, -0.1) is 0 Å². The number of nitrogens with zero attached hydrogens (tertiary/aromatic N) is 1. The lowest BCUT2D eigenvalue weighted by Crippen LogP contribution is -2.37. The van der Waals surface area contributed by atoms with Gasteiger partial charge in [-0.05, 0) is 25.0 Å². The van der Waals surface area contributed by atoms with Crippen molar-refractivity contribution in [1.29, 1.82) is 0 Å². The van der Waals surface area contributed by atoms with Crippen LogP contribution in [0.1, 0.15) is 12.8 Å². The maximum absolute atomic E-state index is 14.4. The van der Waals surface area contributed by atoms with E-state index in [9.17, 15) is 12.8 Å². The van der Waals surface area contributed by atoms with Gasteiger partial charge in [-0.1, -0.05) is 11.6 Å². The van der Waals surface area contributed by atoms with Gasteiger partial charge in [0.05, 0.1) is 34.9 Å². The van der Waals surface area contributed by atoms with Crippen molar-refractivity contribution in [3.8, 4) is 0 Å². The second-order valence-corrected chi connectivity index (χ2v) is 7.57. The minimum Gasteiger partial charge on any atom is -0.378 e. The zero-order valence-corrected chi connectivity index (χ0v) is 12.9. The van der Waals surface area contributed by atoms with E-state index in [0.29, 0.717) is 39.1 Å². The number of ether oxygens (including phenoxy) is 1. The largest absolute Gasteiger partial charge is 0.378 e. The van der Waals surface area contributed by atoms with Crippen molar-refractivity contribution in [3.05, 3.63) is 23.0 Å². The van der Waals surface area contributed by atoms with Crippen molar-refractivity contribution >= 4 is 33.0 Å². The smallest absolute Gasteiger partial charge is 0.235 e. The molecule has 0 radical (unpaired) electrons. The average molecular weight is 335 g/mol. The van der Waals surface area contributed by atoms with E-state index in [-0.39, 0.29) is 21.6 Å². The van der Waals surface area contributed by atoms with Gasteiger partial charge in [0, 0.05) is 13.1 Å². The van der Waals surface area contributed by atoms with E-state index in [2.05, 4.69) is 4.72 Å². The van der Waals surface area contributed by atoms with Crippen molar-refractivity contribution in [3.63, 3.8) is 0 Å². The first-order valence-electron chi connectivity index (χ1n) is 6.81. The number of morpholine rings is 1. The molecule has 1 heterocycles. The quantitative estimate of drug-likeness (QED) is 0.917. The maximum atomic E-state index is 14.4. The van der Waals surface area contributed by atoms with Crippen LogP contribution in [0.15, 0.2) is 12.1 Å². The van der Waals surface area contributed by atoms with Crippen molar-refractivity contribution in [2.24, 2.45) is 0 Å². The van der Waals surface area contributed by atoms with Crippen LogP contribution in [-0.2, 0) is 14.8 Å². The molecule has 1 aromatic carbocycles. The Kier molecular flexibility index (Phi) is 3.98. The summed E-state index contributed by atoms with van der Waals surface area (Å²) in [5.41, 5.74) is 0.445. The highest BCUT2D eigenvalue weighted by Crippen LogP contribution is 2.37. The van der Waals surface area contributed by atoms with Gasteiger partial charge in [-0.2, -0.15) is 0 Å². The van der Waals surface area contributed by atoms with Gasteiger partial charge in [0.1, 0.15) is 0 Å². The molecule has 2 aliphatic rings. The van der Waals surface area contributed by atoms with Crippen molar-refractivity contribution in [1.82, 2.24) is 0 Å². The molecule has 116 valence electrons. The van der Waals surface area contributed by atoms with Gasteiger partial charge < -0.3 is 9.64 Å². The van der Waals surface area contributed by atoms with Crippen molar-refractivity contribution < 1.29 is 17.5 Å². The van der Waals surface area contributed by atoms with E-state index >= 15 is 0 Å². The van der Waals surface area contributed by atoms with E-state index < -0.39 is 15.8 Å². The highest BCUT2D eigenvalue weighted by Gasteiger charge is 2.36. The summed E-state index contributed by atoms with van der Waals surface area (Å²) in [5, 5.41) is -0.389. The lowest BCUT2D eigenvalue weighted by molar-refractivity contribution is 0.122. The maximum Gasteiger partial charge on any atom is 0.235 e. The fraction of sp³-hybridized carbons (Fsp3) is 0.538. The first kappa shape index (κ1) is 14.9. The van der Waals surface area contributed by atoms with Crippen LogP contribution >= 0.6 is 11.6 Å². The van der Waals surface area contributed by atoms with E-state index in [0.717, 1.165) is 0 Å². The molecule has 0 unspecified atom stereocenters. The molecule has 0 atom stereocenters. The second kappa shape index (κ2) is 5.62. The first-order chi connectivity index (χ1) is 9.99. The molecule has 0 spiro atoms. The summed E-state index contributed by atoms with van der Waals surface area (Å²) in [4.78, 5) is 1.76. The average Bonchev–Trinajstić information content (AvgIpc) is 3.29. The highest BCUT2D eigenvalue weighted by molar-refractivity contribution is 7.93. The molecule has 1 N–H and O–H groups in total. The summed E-state index contributed by atoms with van der Waals surface area (Å²) in [7, 11) is -3.45. The van der Waals surface area contributed by atoms with Crippen LogP contribution in [0.3, 0.4) is 0 Å². The Hall–Kier alpha value is -1.05. The molecule has 1 saturated carbocycles. The Bertz CT molecular complexity index is 643. The zero-order chi connectivity index (χ0) is 15.0. The highest BCUT2D eigenvalue weighted by atomic mass is 35.5. The van der Waals surface area contributed by atoms with Gasteiger partial charge in [-0.3, -0.25) is 4.72 Å². The summed E-state index contributed by atoms with van der Waals surface area (Å²) in [6.45, 7) is 1.94. The van der Waals surface area contributed by atoms with Gasteiger partial charge in [-0.25, -0.2) is 12.8 Å². The normalized spacial score (nSPS) is 19.6. The van der Waals surface area contributed by atoms with Crippen LogP contribution in [0.2, 0.25) is 5.02 Å². The Labute approximate surface area is 128 Å². The number of hydrogen-bond donors (Lipinski definition) is 1. The molecule has 1 aromatic rings. The summed E-state index contributed by atoms with van der Waals surface area (Å²) in [6, 6.07) is 2.88. The number of benzene rings is 1. The molecule has 3 rings (SSSR count). The third-order valence-electron chi connectivity index (χ3n) is 3.61. The number of sulfonamides is 1. The minimum atomic E-state index is -3.45. The molecule has 0 aromatic heterocycles. The summed E-state index contributed by atoms with van der Waals surface area (Å²) < 4.78 is 46.3. The Morgan fingerprint density at radius 3 is 2.57 bits per heavy atom. The molecule has 1 aliphatic heterocycles. The summed E-state index contributed by atoms with van der Waals surface area (Å²) in [6.07, 6.45) is 1.30. The van der Waals surface area contributed by atoms with Crippen LogP contribution in [0, 0.1) is 5.82 Å². The third kappa shape index (κ3) is 3.09. The molecule has 1 saturated heterocycles. The molecular weight excluding hydrogens is 319 g/mol. The predicted octanol–water partition coefficient (Wildman–Crippen LogP) is 2.22. The standard InChI is InChI=1S/C13H16ClFN2O3S/c14-10-3-4-11(16-21(18,19)9-1-2-9)13(12(10)15)17-5-7-20-8-6-17/h3-4,9,16H,1-2,5-8H2. The number of halogens is 2. The molecule has 0 bridgehead atoms. The van der Waals surface area contributed by atoms with Crippen molar-refractivity contribution in [2.75, 3.05) is 35.9 Å². The molecule has 5 nitrogen and oxygen atoms in total. The first-order valence-corrected chi connectivity index (χ1v) is 8.74. The minimum absolute atomic E-state index is 0.0224. The van der Waals surface area contributed by atoms with E-state index in [1.807, 2.05) is 0 Å². The van der Waals surface area contributed by atoms with Crippen molar-refractivity contribution in [2.45, 2.75) is 18.1 Å². The summed E-state index contributed by atoms with van der Waals surface area (Å²) in [5.74, 6) is -0.602. The van der Waals surface area contributed by atoms with E-state index in [1.165, 1.54) is 12.1 Å². The van der Waals surface area contributed by atoms with Crippen LogP contribution in [-0.4, -0.2) is 40.0 Å². The number of anilines is 2. The van der Waals surface area contributed by atoms with Crippen LogP contribution < -0.4 is 9.62 Å². The van der Waals surface area contributed by atoms with Crippen LogP contribution in [0.5, 0.6) is 0 Å². The fourth-order valence-corrected chi connectivity index (χ4v) is 3.88. The van der Waals surface area contributed by atoms with Gasteiger partial charge in [0.2, 0.25) is 10.0 Å². The second-order valence-electron chi connectivity index (χ2n) is 5.20. The Morgan fingerprint density at radius 2 is 1.95 bits per heavy atom. The van der Waals surface area contributed by atoms with Gasteiger partial charge >= 0.3 is 0 Å². The SMILES string of the molecule is O=S(=O)(Nc1ccc(Cl)c(F)c1N1CCOCC1)C1CC1. The Morgan fingerprint density at radius 1 is 1.29 bits per heavy atom. The lowest BCUT2D eigenvalue weighted by Gasteiger charge is -2.31. The van der Waals surface area contributed by atoms with Gasteiger partial charge in [0.25, 0.3) is 0 Å². The zero-order valence-electron chi connectivity index (χ0n) is 11.3. The molecule has 21 heavy (non-hydrogen) atoms. The predicted molar refractivity (Wildman–Crippen MR) is 80.0 cm³/mol. The monoisotopic (exact) mass is 334 g/mol. The van der Waals surface area contributed by atoms with Crippen LogP contribution in [0.25, 0.3) is 0 Å². The van der Waals surface area contributed by atoms with Crippen LogP contribution in [0.4, 0.5) is 15.8 Å². The molecule has 8 heteroatoms. The number of hydrogen-bond acceptors (Lipinski definition) is 4. The number of nitrogens with one attached hydrogen (secondary N) is 1. The lowest BCUT2D eigenvalue weighted by atomic mass is 10.2. The molecule has 0 amide bonds. The van der Waals surface area contributed by atoms with E-state index in [4.69, 9.17) is 16.3 Å². The fourth-order valence-electron chi connectivity index (χ4n) is 2.33. The van der Waals surface area contributed by atoms with Gasteiger partial charge in [0.15, 0.2) is 5.82 Å². The summed E-state index contributed by atoms with van der Waals surface area (Å²) >= 11 is 5.84. The molecule has 1 aliphatic carbocycles.